The van der Waals surface area contributed by atoms with E-state index in [-0.39, 0.29) is 16.5 Å². The summed E-state index contributed by atoms with van der Waals surface area (Å²) in [6.07, 6.45) is 4.61. The van der Waals surface area contributed by atoms with Crippen molar-refractivity contribution < 1.29 is 9.72 Å². The Hall–Kier alpha value is -3.47. The van der Waals surface area contributed by atoms with E-state index in [1.54, 1.807) is 12.1 Å². The van der Waals surface area contributed by atoms with Gasteiger partial charge < -0.3 is 4.90 Å². The van der Waals surface area contributed by atoms with E-state index in [0.29, 0.717) is 17.5 Å². The van der Waals surface area contributed by atoms with Gasteiger partial charge in [-0.25, -0.2) is 0 Å². The minimum atomic E-state index is -0.319. The summed E-state index contributed by atoms with van der Waals surface area (Å²) < 4.78 is 0. The Morgan fingerprint density at radius 1 is 0.839 bits per heavy atom. The van der Waals surface area contributed by atoms with Crippen molar-refractivity contribution in [3.8, 4) is 11.1 Å². The molecule has 0 spiro atoms. The largest absolute Gasteiger partial charge is 0.339 e. The quantitative estimate of drug-likeness (QED) is 0.385. The number of likely N-dealkylation sites (tertiary alicyclic amines) is 1. The summed E-state index contributed by atoms with van der Waals surface area (Å²) in [5, 5.41) is 11.6. The fourth-order valence-electron chi connectivity index (χ4n) is 4.18. The van der Waals surface area contributed by atoms with Crippen molar-refractivity contribution in [2.45, 2.75) is 32.1 Å². The molecule has 1 heterocycles. The predicted octanol–water partition coefficient (Wildman–Crippen LogP) is 5.67. The van der Waals surface area contributed by atoms with Crippen molar-refractivity contribution in [3.63, 3.8) is 0 Å². The van der Waals surface area contributed by atoms with E-state index in [9.17, 15) is 14.9 Å². The number of carbonyl (C=O) groups is 1. The first-order chi connectivity index (χ1) is 15.1. The molecule has 0 radical (unpaired) electrons. The van der Waals surface area contributed by atoms with Crippen molar-refractivity contribution in [1.82, 2.24) is 4.90 Å². The molecule has 0 aromatic heterocycles. The van der Waals surface area contributed by atoms with Crippen LogP contribution in [0.5, 0.6) is 0 Å². The van der Waals surface area contributed by atoms with Crippen LogP contribution in [0.15, 0.2) is 72.8 Å². The molecule has 0 bridgehead atoms. The van der Waals surface area contributed by atoms with Gasteiger partial charge in [0, 0.05) is 30.3 Å². The molecule has 158 valence electrons. The van der Waals surface area contributed by atoms with E-state index in [1.165, 1.54) is 6.42 Å². The van der Waals surface area contributed by atoms with Crippen LogP contribution in [0.2, 0.25) is 0 Å². The molecule has 1 amide bonds. The fourth-order valence-corrected chi connectivity index (χ4v) is 4.18. The fraction of sp³-hybridized carbons (Fsp3) is 0.269. The van der Waals surface area contributed by atoms with Crippen LogP contribution in [-0.4, -0.2) is 28.8 Å². The van der Waals surface area contributed by atoms with Gasteiger partial charge in [-0.15, -0.1) is 0 Å². The summed E-state index contributed by atoms with van der Waals surface area (Å²) in [5.74, 6) is 0.0627. The Balaban J connectivity index is 1.60. The highest BCUT2D eigenvalue weighted by Crippen LogP contribution is 2.29. The van der Waals surface area contributed by atoms with E-state index in [0.717, 1.165) is 49.0 Å². The molecule has 1 aliphatic rings. The molecule has 5 heteroatoms. The molecular weight excluding hydrogens is 388 g/mol. The van der Waals surface area contributed by atoms with Gasteiger partial charge in [0.15, 0.2) is 0 Å². The Morgan fingerprint density at radius 2 is 1.58 bits per heavy atom. The van der Waals surface area contributed by atoms with Gasteiger partial charge in [0.05, 0.1) is 4.92 Å². The van der Waals surface area contributed by atoms with Gasteiger partial charge >= 0.3 is 0 Å². The van der Waals surface area contributed by atoms with Crippen molar-refractivity contribution in [2.24, 2.45) is 0 Å². The lowest BCUT2D eigenvalue weighted by atomic mass is 9.96. The molecule has 1 fully saturated rings. The second-order valence-electron chi connectivity index (χ2n) is 8.02. The molecule has 0 aliphatic carbocycles. The number of nitro benzene ring substituents is 1. The summed E-state index contributed by atoms with van der Waals surface area (Å²) >= 11 is 0. The zero-order chi connectivity index (χ0) is 21.6. The standard InChI is InChI=1S/C26H26N2O3/c29-26(27-16-5-2-6-17-27)24-11-7-10-21(19-24)22-14-15-25(28(30)31)23(18-22)13-12-20-8-3-1-4-9-20/h1,3-4,7-11,14-15,18-19H,2,5-6,12-13,16-17H2. The Kier molecular flexibility index (Phi) is 6.41. The zero-order valence-corrected chi connectivity index (χ0v) is 17.5. The molecule has 0 saturated carbocycles. The average Bonchev–Trinajstić information content (AvgIpc) is 2.83. The average molecular weight is 415 g/mol. The van der Waals surface area contributed by atoms with Crippen LogP contribution in [0.4, 0.5) is 5.69 Å². The van der Waals surface area contributed by atoms with Gasteiger partial charge in [-0.05, 0) is 73.1 Å². The second-order valence-corrected chi connectivity index (χ2v) is 8.02. The molecule has 3 aromatic rings. The summed E-state index contributed by atoms with van der Waals surface area (Å²) in [4.78, 5) is 26.0. The third kappa shape index (κ3) is 5.00. The maximum atomic E-state index is 12.9. The number of hydrogen-bond donors (Lipinski definition) is 0. The summed E-state index contributed by atoms with van der Waals surface area (Å²) in [5.41, 5.74) is 4.46. The van der Waals surface area contributed by atoms with E-state index in [4.69, 9.17) is 0 Å². The Morgan fingerprint density at radius 3 is 2.32 bits per heavy atom. The minimum absolute atomic E-state index is 0.0627. The van der Waals surface area contributed by atoms with Crippen molar-refractivity contribution in [2.75, 3.05) is 13.1 Å². The number of nitrogens with zero attached hydrogens (tertiary/aromatic N) is 2. The molecule has 1 aliphatic heterocycles. The Bertz CT molecular complexity index is 1070. The maximum Gasteiger partial charge on any atom is 0.272 e. The highest BCUT2D eigenvalue weighted by molar-refractivity contribution is 5.95. The summed E-state index contributed by atoms with van der Waals surface area (Å²) in [6.45, 7) is 1.62. The summed E-state index contributed by atoms with van der Waals surface area (Å²) in [7, 11) is 0. The van der Waals surface area contributed by atoms with E-state index < -0.39 is 0 Å². The minimum Gasteiger partial charge on any atom is -0.339 e. The van der Waals surface area contributed by atoms with Gasteiger partial charge in [-0.2, -0.15) is 0 Å². The second kappa shape index (κ2) is 9.56. The maximum absolute atomic E-state index is 12.9. The molecule has 0 N–H and O–H groups in total. The molecule has 0 atom stereocenters. The van der Waals surface area contributed by atoms with Crippen molar-refractivity contribution in [1.29, 1.82) is 0 Å². The van der Waals surface area contributed by atoms with Crippen molar-refractivity contribution in [3.05, 3.63) is 99.6 Å². The first-order valence-electron chi connectivity index (χ1n) is 10.8. The first-order valence-corrected chi connectivity index (χ1v) is 10.8. The molecule has 0 unspecified atom stereocenters. The SMILES string of the molecule is O=C(c1cccc(-c2ccc([N+](=O)[O-])c(CCc3ccccc3)c2)c1)N1CCCCC1. The third-order valence-corrected chi connectivity index (χ3v) is 5.89. The van der Waals surface area contributed by atoms with Gasteiger partial charge in [0.25, 0.3) is 11.6 Å². The topological polar surface area (TPSA) is 63.4 Å². The van der Waals surface area contributed by atoms with Crippen LogP contribution in [-0.2, 0) is 12.8 Å². The van der Waals surface area contributed by atoms with Crippen LogP contribution >= 0.6 is 0 Å². The number of nitro groups is 1. The number of carbonyl (C=O) groups excluding carboxylic acids is 1. The van der Waals surface area contributed by atoms with E-state index in [1.807, 2.05) is 65.6 Å². The van der Waals surface area contributed by atoms with Gasteiger partial charge in [-0.3, -0.25) is 14.9 Å². The lowest BCUT2D eigenvalue weighted by Gasteiger charge is -2.26. The Labute approximate surface area is 182 Å². The van der Waals surface area contributed by atoms with E-state index in [2.05, 4.69) is 0 Å². The van der Waals surface area contributed by atoms with Gasteiger partial charge in [-0.1, -0.05) is 42.5 Å². The first kappa shape index (κ1) is 20.8. The van der Waals surface area contributed by atoms with Gasteiger partial charge in [0.2, 0.25) is 0 Å². The normalized spacial score (nSPS) is 13.7. The molecule has 31 heavy (non-hydrogen) atoms. The molecule has 5 nitrogen and oxygen atoms in total. The highest BCUT2D eigenvalue weighted by atomic mass is 16.6. The number of rotatable bonds is 6. The molecule has 4 rings (SSSR count). The monoisotopic (exact) mass is 414 g/mol. The zero-order valence-electron chi connectivity index (χ0n) is 17.5. The van der Waals surface area contributed by atoms with E-state index >= 15 is 0 Å². The van der Waals surface area contributed by atoms with Crippen LogP contribution in [0, 0.1) is 10.1 Å². The lowest BCUT2D eigenvalue weighted by molar-refractivity contribution is -0.385. The molecule has 1 saturated heterocycles. The molecule has 3 aromatic carbocycles. The van der Waals surface area contributed by atoms with Gasteiger partial charge in [0.1, 0.15) is 0 Å². The molecular formula is C26H26N2O3. The number of aryl methyl sites for hydroxylation is 2. The lowest BCUT2D eigenvalue weighted by Crippen LogP contribution is -2.35. The predicted molar refractivity (Wildman–Crippen MR) is 122 cm³/mol. The van der Waals surface area contributed by atoms with Crippen LogP contribution in [0.3, 0.4) is 0 Å². The highest BCUT2D eigenvalue weighted by Gasteiger charge is 2.19. The summed E-state index contributed by atoms with van der Waals surface area (Å²) in [6, 6.07) is 22.8. The van der Waals surface area contributed by atoms with Crippen LogP contribution in [0.1, 0.15) is 40.7 Å². The van der Waals surface area contributed by atoms with Crippen LogP contribution in [0.25, 0.3) is 11.1 Å². The third-order valence-electron chi connectivity index (χ3n) is 5.89. The number of hydrogen-bond acceptors (Lipinski definition) is 3. The number of amides is 1. The number of piperidine rings is 1. The van der Waals surface area contributed by atoms with Crippen molar-refractivity contribution >= 4 is 11.6 Å². The van der Waals surface area contributed by atoms with Crippen LogP contribution < -0.4 is 0 Å². The number of benzene rings is 3. The smallest absolute Gasteiger partial charge is 0.272 e.